The third-order valence-corrected chi connectivity index (χ3v) is 4.52. The van der Waals surface area contributed by atoms with Crippen LogP contribution in [0.3, 0.4) is 0 Å². The van der Waals surface area contributed by atoms with Gasteiger partial charge in [0.15, 0.2) is 11.5 Å². The summed E-state index contributed by atoms with van der Waals surface area (Å²) in [6.45, 7) is 0.482. The first-order chi connectivity index (χ1) is 11.4. The highest BCUT2D eigenvalue weighted by Gasteiger charge is 2.32. The number of fused-ring (bicyclic) bond motifs is 1. The second-order valence-electron chi connectivity index (χ2n) is 6.01. The number of nitrogens with two attached hydrogens (primary N) is 1. The number of amides is 1. The summed E-state index contributed by atoms with van der Waals surface area (Å²) in [5.74, 6) is 0.148. The summed E-state index contributed by atoms with van der Waals surface area (Å²) in [5, 5.41) is 10.4. The van der Waals surface area contributed by atoms with E-state index in [1.54, 1.807) is 0 Å². The van der Waals surface area contributed by atoms with Gasteiger partial charge in [-0.05, 0) is 37.4 Å². The minimum absolute atomic E-state index is 0.0229. The maximum absolute atomic E-state index is 12.8. The molecule has 0 saturated heterocycles. The zero-order valence-electron chi connectivity index (χ0n) is 12.9. The maximum Gasteiger partial charge on any atom is 0.417 e. The second-order valence-corrected chi connectivity index (χ2v) is 6.01. The lowest BCUT2D eigenvalue weighted by Crippen LogP contribution is -2.35. The Morgan fingerprint density at radius 3 is 2.83 bits per heavy atom. The molecule has 0 spiro atoms. The first-order valence-electron chi connectivity index (χ1n) is 7.79. The summed E-state index contributed by atoms with van der Waals surface area (Å²) in [6, 6.07) is 2.21. The average molecular weight is 341 g/mol. The Hall–Kier alpha value is -2.16. The van der Waals surface area contributed by atoms with E-state index in [0.29, 0.717) is 12.2 Å². The van der Waals surface area contributed by atoms with Crippen molar-refractivity contribution >= 4 is 11.6 Å². The highest BCUT2D eigenvalue weighted by Crippen LogP contribution is 2.31. The van der Waals surface area contributed by atoms with Gasteiger partial charge in [0, 0.05) is 12.1 Å². The Balaban J connectivity index is 1.74. The molecule has 1 saturated carbocycles. The fourth-order valence-corrected chi connectivity index (χ4v) is 3.19. The van der Waals surface area contributed by atoms with E-state index >= 15 is 0 Å². The second kappa shape index (κ2) is 6.39. The normalized spacial score (nSPS) is 21.3. The van der Waals surface area contributed by atoms with Gasteiger partial charge in [-0.2, -0.15) is 13.2 Å². The van der Waals surface area contributed by atoms with E-state index in [1.165, 1.54) is 10.5 Å². The molecule has 2 aromatic rings. The van der Waals surface area contributed by atoms with Crippen molar-refractivity contribution in [2.24, 2.45) is 17.6 Å². The van der Waals surface area contributed by atoms with E-state index in [1.807, 2.05) is 0 Å². The highest BCUT2D eigenvalue weighted by atomic mass is 19.4. The largest absolute Gasteiger partial charge is 0.417 e. The van der Waals surface area contributed by atoms with Crippen LogP contribution in [0.1, 0.15) is 30.7 Å². The van der Waals surface area contributed by atoms with Gasteiger partial charge in [0.1, 0.15) is 0 Å². The Morgan fingerprint density at radius 2 is 2.12 bits per heavy atom. The molecule has 2 aromatic heterocycles. The molecule has 0 aromatic carbocycles. The zero-order chi connectivity index (χ0) is 17.3. The molecule has 0 aliphatic heterocycles. The number of rotatable bonds is 4. The summed E-state index contributed by atoms with van der Waals surface area (Å²) in [5.41, 5.74) is 5.18. The van der Waals surface area contributed by atoms with Crippen molar-refractivity contribution in [3.63, 3.8) is 0 Å². The summed E-state index contributed by atoms with van der Waals surface area (Å²) in [6.07, 6.45) is -0.834. The Labute approximate surface area is 136 Å². The van der Waals surface area contributed by atoms with Gasteiger partial charge in [0.2, 0.25) is 5.91 Å². The van der Waals surface area contributed by atoms with E-state index in [-0.39, 0.29) is 30.1 Å². The summed E-state index contributed by atoms with van der Waals surface area (Å²) >= 11 is 0. The molecule has 2 atom stereocenters. The van der Waals surface area contributed by atoms with Gasteiger partial charge >= 0.3 is 6.18 Å². The minimum atomic E-state index is -4.45. The Bertz CT molecular complexity index is 742. The van der Waals surface area contributed by atoms with Crippen molar-refractivity contribution in [1.29, 1.82) is 0 Å². The summed E-state index contributed by atoms with van der Waals surface area (Å²) in [4.78, 5) is 12.3. The molecule has 1 aliphatic rings. The van der Waals surface area contributed by atoms with Crippen molar-refractivity contribution in [3.8, 4) is 0 Å². The Morgan fingerprint density at radius 1 is 1.33 bits per heavy atom. The number of nitrogens with zero attached hydrogens (tertiary/aromatic N) is 3. The molecule has 0 unspecified atom stereocenters. The van der Waals surface area contributed by atoms with Crippen LogP contribution in [-0.4, -0.2) is 27.0 Å². The number of halogens is 3. The van der Waals surface area contributed by atoms with Crippen molar-refractivity contribution in [3.05, 3.63) is 29.7 Å². The van der Waals surface area contributed by atoms with E-state index < -0.39 is 11.7 Å². The van der Waals surface area contributed by atoms with Gasteiger partial charge in [0.25, 0.3) is 0 Å². The lowest BCUT2D eigenvalue weighted by molar-refractivity contribution is -0.138. The molecule has 6 nitrogen and oxygen atoms in total. The van der Waals surface area contributed by atoms with E-state index in [0.717, 1.165) is 31.5 Å². The molecule has 3 rings (SSSR count). The SMILES string of the molecule is NC[C@H]1CCC[C@H]1C(=O)NCc1nnc2ccc(C(F)(F)F)cn12. The molecule has 9 heteroatoms. The third kappa shape index (κ3) is 3.21. The number of alkyl halides is 3. The van der Waals surface area contributed by atoms with Crippen LogP contribution in [0.2, 0.25) is 0 Å². The molecular weight excluding hydrogens is 323 g/mol. The van der Waals surface area contributed by atoms with Crippen molar-refractivity contribution in [2.75, 3.05) is 6.54 Å². The minimum Gasteiger partial charge on any atom is -0.349 e. The number of carbonyl (C=O) groups is 1. The molecule has 3 N–H and O–H groups in total. The molecular formula is C15H18F3N5O. The topological polar surface area (TPSA) is 85.3 Å². The number of pyridine rings is 1. The molecule has 1 fully saturated rings. The average Bonchev–Trinajstić information content (AvgIpc) is 3.17. The van der Waals surface area contributed by atoms with Crippen molar-refractivity contribution in [1.82, 2.24) is 19.9 Å². The first kappa shape index (κ1) is 16.7. The van der Waals surface area contributed by atoms with Crippen LogP contribution in [0.4, 0.5) is 13.2 Å². The number of hydrogen-bond donors (Lipinski definition) is 2. The summed E-state index contributed by atoms with van der Waals surface area (Å²) < 4.78 is 39.7. The number of hydrogen-bond acceptors (Lipinski definition) is 4. The van der Waals surface area contributed by atoms with Crippen LogP contribution in [0.15, 0.2) is 18.3 Å². The third-order valence-electron chi connectivity index (χ3n) is 4.52. The van der Waals surface area contributed by atoms with Gasteiger partial charge < -0.3 is 11.1 Å². The van der Waals surface area contributed by atoms with Crippen molar-refractivity contribution in [2.45, 2.75) is 32.0 Å². The number of nitrogens with one attached hydrogen (secondary N) is 1. The van der Waals surface area contributed by atoms with Crippen LogP contribution in [-0.2, 0) is 17.5 Å². The molecule has 0 radical (unpaired) electrons. The fraction of sp³-hybridized carbons (Fsp3) is 0.533. The van der Waals surface area contributed by atoms with Crippen molar-refractivity contribution < 1.29 is 18.0 Å². The number of carbonyl (C=O) groups excluding carboxylic acids is 1. The lowest BCUT2D eigenvalue weighted by atomic mass is 9.95. The molecule has 2 heterocycles. The monoisotopic (exact) mass is 341 g/mol. The molecule has 0 bridgehead atoms. The lowest BCUT2D eigenvalue weighted by Gasteiger charge is -2.17. The van der Waals surface area contributed by atoms with Gasteiger partial charge in [-0.25, -0.2) is 0 Å². The van der Waals surface area contributed by atoms with Crippen LogP contribution < -0.4 is 11.1 Å². The predicted molar refractivity (Wildman–Crippen MR) is 79.7 cm³/mol. The fourth-order valence-electron chi connectivity index (χ4n) is 3.19. The molecule has 1 amide bonds. The highest BCUT2D eigenvalue weighted by molar-refractivity contribution is 5.79. The van der Waals surface area contributed by atoms with Gasteiger partial charge in [-0.1, -0.05) is 6.42 Å². The van der Waals surface area contributed by atoms with Gasteiger partial charge in [-0.15, -0.1) is 10.2 Å². The zero-order valence-corrected chi connectivity index (χ0v) is 12.9. The van der Waals surface area contributed by atoms with Crippen LogP contribution in [0.25, 0.3) is 5.65 Å². The standard InChI is InChI=1S/C15H18F3N5O/c16-15(17,18)10-4-5-12-21-22-13(23(12)8-10)7-20-14(24)11-3-1-2-9(11)6-19/h4-5,8-9,11H,1-3,6-7,19H2,(H,20,24)/t9-,11-/m1/s1. The smallest absolute Gasteiger partial charge is 0.349 e. The van der Waals surface area contributed by atoms with Gasteiger partial charge in [0.05, 0.1) is 12.1 Å². The van der Waals surface area contributed by atoms with Crippen LogP contribution in [0.5, 0.6) is 0 Å². The van der Waals surface area contributed by atoms with E-state index in [2.05, 4.69) is 15.5 Å². The maximum atomic E-state index is 12.8. The Kier molecular flexibility index (Phi) is 4.44. The quantitative estimate of drug-likeness (QED) is 0.887. The number of aromatic nitrogens is 3. The summed E-state index contributed by atoms with van der Waals surface area (Å²) in [7, 11) is 0. The molecule has 1 aliphatic carbocycles. The van der Waals surface area contributed by atoms with Crippen LogP contribution >= 0.6 is 0 Å². The predicted octanol–water partition coefficient (Wildman–Crippen LogP) is 1.74. The molecule has 24 heavy (non-hydrogen) atoms. The van der Waals surface area contributed by atoms with E-state index in [9.17, 15) is 18.0 Å². The van der Waals surface area contributed by atoms with Crippen LogP contribution in [0, 0.1) is 11.8 Å². The molecule has 130 valence electrons. The van der Waals surface area contributed by atoms with Gasteiger partial charge in [-0.3, -0.25) is 9.20 Å². The van der Waals surface area contributed by atoms with E-state index in [4.69, 9.17) is 5.73 Å². The first-order valence-corrected chi connectivity index (χ1v) is 7.79.